The Morgan fingerprint density at radius 2 is 1.33 bits per heavy atom. The molecule has 0 bridgehead atoms. The minimum Gasteiger partial charge on any atom is -0.493 e. The first-order valence-electron chi connectivity index (χ1n) is 17.3. The first-order valence-corrected chi connectivity index (χ1v) is 17.3. The number of aliphatic imine (C=N–C) groups is 1. The zero-order valence-corrected chi connectivity index (χ0v) is 30.1. The lowest BCUT2D eigenvalue weighted by molar-refractivity contribution is -0.130. The fraction of sp³-hybridized carbons (Fsp3) is 0.293. The van der Waals surface area contributed by atoms with Crippen molar-refractivity contribution in [2.24, 2.45) is 22.4 Å². The largest absolute Gasteiger partial charge is 0.493 e. The van der Waals surface area contributed by atoms with E-state index in [2.05, 4.69) is 59.8 Å². The van der Waals surface area contributed by atoms with Crippen molar-refractivity contribution in [3.8, 4) is 22.6 Å². The fourth-order valence-electron chi connectivity index (χ4n) is 5.91. The highest BCUT2D eigenvalue weighted by molar-refractivity contribution is 6.09. The topological polar surface area (TPSA) is 141 Å². The van der Waals surface area contributed by atoms with Crippen molar-refractivity contribution in [3.05, 3.63) is 109 Å². The molecule has 9 nitrogen and oxygen atoms in total. The predicted molar refractivity (Wildman–Crippen MR) is 210 cm³/mol. The van der Waals surface area contributed by atoms with Crippen molar-refractivity contribution in [2.45, 2.75) is 45.6 Å². The van der Waals surface area contributed by atoms with Gasteiger partial charge in [-0.1, -0.05) is 105 Å². The van der Waals surface area contributed by atoms with Crippen LogP contribution >= 0.6 is 12.4 Å². The van der Waals surface area contributed by atoms with E-state index in [4.69, 9.17) is 20.9 Å². The van der Waals surface area contributed by atoms with E-state index in [1.165, 1.54) is 0 Å². The number of amides is 2. The Balaban J connectivity index is 0.00000583. The van der Waals surface area contributed by atoms with Gasteiger partial charge in [0, 0.05) is 24.2 Å². The van der Waals surface area contributed by atoms with Crippen LogP contribution in [0.4, 0.5) is 0 Å². The average Bonchev–Trinajstić information content (AvgIpc) is 3.12. The summed E-state index contributed by atoms with van der Waals surface area (Å²) in [4.78, 5) is 30.8. The molecule has 10 heteroatoms. The van der Waals surface area contributed by atoms with E-state index in [0.29, 0.717) is 50.6 Å². The Bertz CT molecular complexity index is 1930. The maximum Gasteiger partial charge on any atom is 0.258 e. The second-order valence-corrected chi connectivity index (χ2v) is 12.7. The van der Waals surface area contributed by atoms with Crippen LogP contribution in [0, 0.1) is 5.92 Å². The van der Waals surface area contributed by atoms with Crippen molar-refractivity contribution in [2.75, 3.05) is 26.3 Å². The van der Waals surface area contributed by atoms with Gasteiger partial charge in [-0.05, 0) is 70.8 Å². The van der Waals surface area contributed by atoms with Crippen LogP contribution in [0.5, 0.6) is 11.5 Å². The maximum absolute atomic E-state index is 13.5. The van der Waals surface area contributed by atoms with Gasteiger partial charge in [0.25, 0.3) is 5.91 Å². The number of nitrogens with two attached hydrogens (primary N) is 2. The van der Waals surface area contributed by atoms with E-state index in [-0.39, 0.29) is 30.9 Å². The van der Waals surface area contributed by atoms with Crippen LogP contribution in [0.2, 0.25) is 0 Å². The molecule has 5 aromatic rings. The third kappa shape index (κ3) is 10.9. The number of nitrogens with one attached hydrogen (secondary N) is 2. The molecule has 0 aromatic heterocycles. The minimum atomic E-state index is -0.786. The third-order valence-electron chi connectivity index (χ3n) is 8.50. The van der Waals surface area contributed by atoms with Crippen molar-refractivity contribution in [1.29, 1.82) is 0 Å². The molecule has 0 fully saturated rings. The van der Waals surface area contributed by atoms with Gasteiger partial charge >= 0.3 is 0 Å². The van der Waals surface area contributed by atoms with Gasteiger partial charge in [-0.15, -0.1) is 12.4 Å². The summed E-state index contributed by atoms with van der Waals surface area (Å²) in [6, 6.07) is 33.4. The molecule has 268 valence electrons. The summed E-state index contributed by atoms with van der Waals surface area (Å²) in [5.74, 6) is 1.08. The number of carbonyl (C=O) groups excluding carboxylic acids is 2. The predicted octanol–water partition coefficient (Wildman–Crippen LogP) is 6.78. The van der Waals surface area contributed by atoms with Gasteiger partial charge in [0.15, 0.2) is 12.6 Å². The van der Waals surface area contributed by atoms with Gasteiger partial charge in [0.05, 0.1) is 6.61 Å². The molecule has 0 unspecified atom stereocenters. The quantitative estimate of drug-likeness (QED) is 0.0477. The number of halogens is 1. The fourth-order valence-corrected chi connectivity index (χ4v) is 5.91. The summed E-state index contributed by atoms with van der Waals surface area (Å²) >= 11 is 0. The van der Waals surface area contributed by atoms with Gasteiger partial charge in [-0.25, -0.2) is 0 Å². The molecule has 5 rings (SSSR count). The van der Waals surface area contributed by atoms with E-state index in [1.807, 2.05) is 72.8 Å². The monoisotopic (exact) mass is 709 g/mol. The highest BCUT2D eigenvalue weighted by atomic mass is 35.5. The summed E-state index contributed by atoms with van der Waals surface area (Å²) in [6.07, 6.45) is 2.45. The van der Waals surface area contributed by atoms with E-state index >= 15 is 0 Å². The van der Waals surface area contributed by atoms with E-state index in [0.717, 1.165) is 50.4 Å². The Morgan fingerprint density at radius 3 is 1.94 bits per heavy atom. The second kappa shape index (κ2) is 19.2. The molecule has 6 N–H and O–H groups in total. The molecule has 5 aromatic carbocycles. The standard InChI is InChI=1S/C41H47N5O4.ClH/c1-28(2)23-26-49-35-20-18-30-13-6-8-15-32(30)38(35)39-33-16-9-7-14-31(33)19-21-36(39)50-27-37(47)46-34(17-10-24-45-41(42)43)40(48)44-25-22-29-11-4-3-5-12-29;/h3-9,11-16,18-21,28,34H,10,17,22-27H2,1-2H3,(H,44,48)(H,46,47)(H4,42,43,45);1H/t34-;/m1./s1. The smallest absolute Gasteiger partial charge is 0.258 e. The lowest BCUT2D eigenvalue weighted by Crippen LogP contribution is -2.48. The lowest BCUT2D eigenvalue weighted by atomic mass is 9.92. The summed E-state index contributed by atoms with van der Waals surface area (Å²) in [5, 5.41) is 9.95. The van der Waals surface area contributed by atoms with Gasteiger partial charge in [-0.2, -0.15) is 0 Å². The van der Waals surface area contributed by atoms with Crippen LogP contribution in [0.3, 0.4) is 0 Å². The van der Waals surface area contributed by atoms with Gasteiger partial charge in [-0.3, -0.25) is 14.6 Å². The third-order valence-corrected chi connectivity index (χ3v) is 8.50. The van der Waals surface area contributed by atoms with Crippen LogP contribution in [0.25, 0.3) is 32.7 Å². The molecule has 0 saturated heterocycles. The number of carbonyl (C=O) groups is 2. The molecular formula is C41H48ClN5O4. The molecular weight excluding hydrogens is 662 g/mol. The van der Waals surface area contributed by atoms with Crippen molar-refractivity contribution in [1.82, 2.24) is 10.6 Å². The molecule has 0 radical (unpaired) electrons. The Morgan fingerprint density at radius 1 is 0.745 bits per heavy atom. The number of nitrogens with zero attached hydrogens (tertiary/aromatic N) is 1. The van der Waals surface area contributed by atoms with Crippen molar-refractivity contribution < 1.29 is 19.1 Å². The number of hydrogen-bond acceptors (Lipinski definition) is 5. The highest BCUT2D eigenvalue weighted by Gasteiger charge is 2.23. The average molecular weight is 710 g/mol. The molecule has 2 amide bonds. The van der Waals surface area contributed by atoms with E-state index in [9.17, 15) is 9.59 Å². The number of guanidine groups is 1. The molecule has 0 spiro atoms. The van der Waals surface area contributed by atoms with Gasteiger partial charge in [0.2, 0.25) is 5.91 Å². The first kappa shape index (κ1) is 38.5. The van der Waals surface area contributed by atoms with Crippen LogP contribution in [-0.2, 0) is 16.0 Å². The Labute approximate surface area is 306 Å². The molecule has 51 heavy (non-hydrogen) atoms. The number of benzene rings is 5. The van der Waals surface area contributed by atoms with Crippen molar-refractivity contribution in [3.63, 3.8) is 0 Å². The van der Waals surface area contributed by atoms with Gasteiger partial charge in [0.1, 0.15) is 17.5 Å². The molecule has 0 saturated carbocycles. The van der Waals surface area contributed by atoms with Gasteiger partial charge < -0.3 is 31.6 Å². The zero-order valence-electron chi connectivity index (χ0n) is 29.3. The summed E-state index contributed by atoms with van der Waals surface area (Å²) in [7, 11) is 0. The molecule has 0 aliphatic rings. The van der Waals surface area contributed by atoms with Crippen LogP contribution in [-0.4, -0.2) is 50.1 Å². The summed E-state index contributed by atoms with van der Waals surface area (Å²) < 4.78 is 12.8. The molecule has 0 aliphatic carbocycles. The zero-order chi connectivity index (χ0) is 35.3. The molecule has 1 atom stereocenters. The summed E-state index contributed by atoms with van der Waals surface area (Å²) in [6.45, 7) is 5.42. The Hall–Kier alpha value is -5.28. The maximum atomic E-state index is 13.5. The Kier molecular flexibility index (Phi) is 14.5. The normalized spacial score (nSPS) is 11.4. The van der Waals surface area contributed by atoms with Crippen LogP contribution in [0.15, 0.2) is 108 Å². The molecule has 0 heterocycles. The minimum absolute atomic E-state index is 0. The number of fused-ring (bicyclic) bond motifs is 2. The highest BCUT2D eigenvalue weighted by Crippen LogP contribution is 2.45. The SMILES string of the molecule is CC(C)CCOc1ccc2ccccc2c1-c1c(OCC(=O)N[C@H](CCCN=C(N)N)C(=O)NCCc2ccccc2)ccc2ccccc12.Cl. The lowest BCUT2D eigenvalue weighted by Gasteiger charge is -2.21. The number of rotatable bonds is 17. The summed E-state index contributed by atoms with van der Waals surface area (Å²) in [5.41, 5.74) is 13.8. The molecule has 0 aliphatic heterocycles. The number of hydrogen-bond donors (Lipinski definition) is 4. The van der Waals surface area contributed by atoms with E-state index < -0.39 is 11.9 Å². The second-order valence-electron chi connectivity index (χ2n) is 12.7. The first-order chi connectivity index (χ1) is 24.3. The van der Waals surface area contributed by atoms with Crippen LogP contribution < -0.4 is 31.6 Å². The van der Waals surface area contributed by atoms with Crippen molar-refractivity contribution >= 4 is 51.7 Å². The number of ether oxygens (including phenoxy) is 2. The van der Waals surface area contributed by atoms with E-state index in [1.54, 1.807) is 0 Å². The van der Waals surface area contributed by atoms with Crippen LogP contribution in [0.1, 0.15) is 38.7 Å².